The first-order valence-electron chi connectivity index (χ1n) is 5.22. The van der Waals surface area contributed by atoms with Gasteiger partial charge in [-0.15, -0.1) is 0 Å². The molecule has 0 saturated carbocycles. The molecule has 0 spiro atoms. The molecule has 0 fully saturated rings. The molecule has 4 heteroatoms. The predicted octanol–water partition coefficient (Wildman–Crippen LogP) is 0.0545. The van der Waals surface area contributed by atoms with Gasteiger partial charge in [0.1, 0.15) is 0 Å². The van der Waals surface area contributed by atoms with Crippen molar-refractivity contribution in [3.8, 4) is 0 Å². The van der Waals surface area contributed by atoms with Gasteiger partial charge in [-0.05, 0) is 20.4 Å². The summed E-state index contributed by atoms with van der Waals surface area (Å²) in [4.78, 5) is 2.28. The van der Waals surface area contributed by atoms with E-state index in [0.29, 0.717) is 19.8 Å². The molecule has 86 valence electrons. The van der Waals surface area contributed by atoms with Crippen molar-refractivity contribution in [3.05, 3.63) is 0 Å². The Morgan fingerprint density at radius 1 is 1.36 bits per heavy atom. The molecule has 0 amide bonds. The van der Waals surface area contributed by atoms with Crippen molar-refractivity contribution in [1.29, 1.82) is 0 Å². The molecule has 0 aliphatic carbocycles. The lowest BCUT2D eigenvalue weighted by Gasteiger charge is -2.36. The third-order valence-electron chi connectivity index (χ3n) is 2.48. The summed E-state index contributed by atoms with van der Waals surface area (Å²) < 4.78 is 5.22. The second-order valence-electron chi connectivity index (χ2n) is 3.93. The maximum atomic E-state index is 8.54. The molecule has 0 aliphatic heterocycles. The van der Waals surface area contributed by atoms with Crippen molar-refractivity contribution < 1.29 is 9.84 Å². The molecule has 0 unspecified atom stereocenters. The van der Waals surface area contributed by atoms with Gasteiger partial charge in [0, 0.05) is 18.6 Å². The van der Waals surface area contributed by atoms with E-state index in [0.717, 1.165) is 13.1 Å². The van der Waals surface area contributed by atoms with Crippen molar-refractivity contribution in [2.75, 3.05) is 39.5 Å². The molecule has 0 radical (unpaired) electrons. The average Bonchev–Trinajstić information content (AvgIpc) is 2.17. The lowest BCUT2D eigenvalue weighted by atomic mass is 10.0. The molecule has 0 rings (SSSR count). The van der Waals surface area contributed by atoms with Gasteiger partial charge in [0.2, 0.25) is 0 Å². The Labute approximate surface area is 87.0 Å². The molecule has 3 N–H and O–H groups in total. The van der Waals surface area contributed by atoms with E-state index in [4.69, 9.17) is 15.6 Å². The second kappa shape index (κ2) is 7.17. The molecule has 0 heterocycles. The maximum absolute atomic E-state index is 8.54. The molecule has 0 atom stereocenters. The number of likely N-dealkylation sites (N-methyl/N-ethyl adjacent to an activating group) is 1. The van der Waals surface area contributed by atoms with Gasteiger partial charge < -0.3 is 15.6 Å². The first kappa shape index (κ1) is 13.8. The Morgan fingerprint density at radius 3 is 2.43 bits per heavy atom. The van der Waals surface area contributed by atoms with Crippen LogP contribution in [0.1, 0.15) is 20.8 Å². The normalized spacial score (nSPS) is 12.4. The fraction of sp³-hybridized carbons (Fsp3) is 1.00. The number of hydrogen-bond donors (Lipinski definition) is 2. The summed E-state index contributed by atoms with van der Waals surface area (Å²) in [5.74, 6) is 0. The molecular formula is C10H24N2O2. The van der Waals surface area contributed by atoms with Crippen molar-refractivity contribution in [3.63, 3.8) is 0 Å². The van der Waals surface area contributed by atoms with Gasteiger partial charge in [-0.3, -0.25) is 4.90 Å². The lowest BCUT2D eigenvalue weighted by Crippen LogP contribution is -2.50. The number of aliphatic hydroxyl groups excluding tert-OH is 1. The van der Waals surface area contributed by atoms with Crippen LogP contribution in [0.5, 0.6) is 0 Å². The third kappa shape index (κ3) is 4.91. The van der Waals surface area contributed by atoms with Gasteiger partial charge in [-0.25, -0.2) is 0 Å². The Morgan fingerprint density at radius 2 is 2.00 bits per heavy atom. The highest BCUT2D eigenvalue weighted by Gasteiger charge is 2.22. The SMILES string of the molecule is CCN(CCOCCO)C(C)(C)CN. The van der Waals surface area contributed by atoms with E-state index in [1.807, 2.05) is 0 Å². The van der Waals surface area contributed by atoms with Gasteiger partial charge in [0.25, 0.3) is 0 Å². The predicted molar refractivity (Wildman–Crippen MR) is 58.3 cm³/mol. The van der Waals surface area contributed by atoms with Gasteiger partial charge in [-0.2, -0.15) is 0 Å². The molecular weight excluding hydrogens is 180 g/mol. The van der Waals surface area contributed by atoms with Crippen molar-refractivity contribution >= 4 is 0 Å². The maximum Gasteiger partial charge on any atom is 0.0698 e. The first-order chi connectivity index (χ1) is 6.58. The van der Waals surface area contributed by atoms with E-state index >= 15 is 0 Å². The van der Waals surface area contributed by atoms with Crippen LogP contribution >= 0.6 is 0 Å². The molecule has 0 bridgehead atoms. The Kier molecular flexibility index (Phi) is 7.09. The summed E-state index contributed by atoms with van der Waals surface area (Å²) in [6, 6.07) is 0. The van der Waals surface area contributed by atoms with E-state index in [2.05, 4.69) is 25.7 Å². The number of aliphatic hydroxyl groups is 1. The Balaban J connectivity index is 3.79. The van der Waals surface area contributed by atoms with Crippen LogP contribution in [0.25, 0.3) is 0 Å². The van der Waals surface area contributed by atoms with Crippen LogP contribution in [0.2, 0.25) is 0 Å². The van der Waals surface area contributed by atoms with Crippen molar-refractivity contribution in [1.82, 2.24) is 4.90 Å². The van der Waals surface area contributed by atoms with Gasteiger partial charge in [0.05, 0.1) is 19.8 Å². The molecule has 14 heavy (non-hydrogen) atoms. The van der Waals surface area contributed by atoms with E-state index in [9.17, 15) is 0 Å². The topological polar surface area (TPSA) is 58.7 Å². The van der Waals surface area contributed by atoms with Crippen LogP contribution < -0.4 is 5.73 Å². The molecule has 0 aromatic heterocycles. The van der Waals surface area contributed by atoms with Crippen LogP contribution in [0, 0.1) is 0 Å². The summed E-state index contributed by atoms with van der Waals surface area (Å²) in [6.45, 7) is 9.99. The highest BCUT2D eigenvalue weighted by Crippen LogP contribution is 2.11. The van der Waals surface area contributed by atoms with Crippen LogP contribution in [0.15, 0.2) is 0 Å². The molecule has 0 saturated heterocycles. The second-order valence-corrected chi connectivity index (χ2v) is 3.93. The minimum absolute atomic E-state index is 0.0251. The number of nitrogens with two attached hydrogens (primary N) is 1. The zero-order chi connectivity index (χ0) is 11.0. The summed E-state index contributed by atoms with van der Waals surface area (Å²) in [5.41, 5.74) is 5.72. The fourth-order valence-electron chi connectivity index (χ4n) is 1.36. The highest BCUT2D eigenvalue weighted by atomic mass is 16.5. The smallest absolute Gasteiger partial charge is 0.0698 e. The number of nitrogens with zero attached hydrogens (tertiary/aromatic N) is 1. The Bertz CT molecular complexity index is 140. The number of ether oxygens (including phenoxy) is 1. The summed E-state index contributed by atoms with van der Waals surface area (Å²) in [7, 11) is 0. The summed E-state index contributed by atoms with van der Waals surface area (Å²) in [6.07, 6.45) is 0. The van der Waals surface area contributed by atoms with Gasteiger partial charge >= 0.3 is 0 Å². The highest BCUT2D eigenvalue weighted by molar-refractivity contribution is 4.81. The molecule has 4 nitrogen and oxygen atoms in total. The van der Waals surface area contributed by atoms with Crippen LogP contribution in [-0.2, 0) is 4.74 Å². The van der Waals surface area contributed by atoms with E-state index in [-0.39, 0.29) is 12.1 Å². The summed E-state index contributed by atoms with van der Waals surface area (Å²) >= 11 is 0. The zero-order valence-electron chi connectivity index (χ0n) is 9.62. The third-order valence-corrected chi connectivity index (χ3v) is 2.48. The lowest BCUT2D eigenvalue weighted by molar-refractivity contribution is 0.0480. The van der Waals surface area contributed by atoms with E-state index in [1.54, 1.807) is 0 Å². The zero-order valence-corrected chi connectivity index (χ0v) is 9.62. The van der Waals surface area contributed by atoms with Gasteiger partial charge in [0.15, 0.2) is 0 Å². The monoisotopic (exact) mass is 204 g/mol. The quantitative estimate of drug-likeness (QED) is 0.549. The molecule has 0 aromatic carbocycles. The number of rotatable bonds is 8. The van der Waals surface area contributed by atoms with Crippen LogP contribution in [-0.4, -0.2) is 55.0 Å². The van der Waals surface area contributed by atoms with Crippen molar-refractivity contribution in [2.24, 2.45) is 5.73 Å². The van der Waals surface area contributed by atoms with Gasteiger partial charge in [-0.1, -0.05) is 6.92 Å². The fourth-order valence-corrected chi connectivity index (χ4v) is 1.36. The van der Waals surface area contributed by atoms with E-state index < -0.39 is 0 Å². The van der Waals surface area contributed by atoms with Crippen LogP contribution in [0.3, 0.4) is 0 Å². The average molecular weight is 204 g/mol. The van der Waals surface area contributed by atoms with Crippen molar-refractivity contribution in [2.45, 2.75) is 26.3 Å². The standard InChI is InChI=1S/C10H24N2O2/c1-4-12(10(2,3)9-11)5-7-14-8-6-13/h13H,4-9,11H2,1-3H3. The molecule has 0 aromatic rings. The minimum Gasteiger partial charge on any atom is -0.394 e. The minimum atomic E-state index is 0.0251. The number of hydrogen-bond acceptors (Lipinski definition) is 4. The van der Waals surface area contributed by atoms with E-state index in [1.165, 1.54) is 0 Å². The Hall–Kier alpha value is -0.160. The molecule has 0 aliphatic rings. The largest absolute Gasteiger partial charge is 0.394 e. The summed E-state index contributed by atoms with van der Waals surface area (Å²) in [5, 5.41) is 8.54. The first-order valence-corrected chi connectivity index (χ1v) is 5.22. The van der Waals surface area contributed by atoms with Crippen LogP contribution in [0.4, 0.5) is 0 Å².